The Balaban J connectivity index is 3.93. The Morgan fingerprint density at radius 2 is 1.77 bits per heavy atom. The number of terminal acetylenes is 1. The minimum atomic E-state index is -3.34. The predicted octanol–water partition coefficient (Wildman–Crippen LogP) is 2.21. The fraction of sp³-hybridized carbons (Fsp3) is 0.750. The summed E-state index contributed by atoms with van der Waals surface area (Å²) >= 11 is 0. The van der Waals surface area contributed by atoms with E-state index in [0.29, 0.717) is 6.42 Å². The van der Waals surface area contributed by atoms with Crippen molar-refractivity contribution in [1.82, 2.24) is 0 Å². The molecule has 0 saturated heterocycles. The number of hydrogen-bond acceptors (Lipinski definition) is 4. The minimum absolute atomic E-state index is 0.188. The Bertz CT molecular complexity index is 199. The maximum absolute atomic E-state index is 11.6. The molecule has 13 heavy (non-hydrogen) atoms. The van der Waals surface area contributed by atoms with Gasteiger partial charge in [-0.25, -0.2) is 4.57 Å². The highest BCUT2D eigenvalue weighted by Gasteiger charge is 2.24. The molecule has 0 unspecified atom stereocenters. The summed E-state index contributed by atoms with van der Waals surface area (Å²) in [5.41, 5.74) is 0. The van der Waals surface area contributed by atoms with Crippen LogP contribution in [0.4, 0.5) is 0 Å². The van der Waals surface area contributed by atoms with Gasteiger partial charge in [0, 0.05) is 6.42 Å². The molecular weight excluding hydrogens is 191 g/mol. The van der Waals surface area contributed by atoms with Gasteiger partial charge >= 0.3 is 7.82 Å². The van der Waals surface area contributed by atoms with Crippen LogP contribution in [0.25, 0.3) is 0 Å². The van der Waals surface area contributed by atoms with Crippen molar-refractivity contribution in [3.05, 3.63) is 0 Å². The summed E-state index contributed by atoms with van der Waals surface area (Å²) in [5.74, 6) is 2.37. The lowest BCUT2D eigenvalue weighted by atomic mass is 10.5. The van der Waals surface area contributed by atoms with E-state index < -0.39 is 7.82 Å². The van der Waals surface area contributed by atoms with E-state index >= 15 is 0 Å². The van der Waals surface area contributed by atoms with Crippen LogP contribution in [-0.2, 0) is 18.1 Å². The average Bonchev–Trinajstić information content (AvgIpc) is 2.05. The van der Waals surface area contributed by atoms with Crippen LogP contribution in [0.15, 0.2) is 0 Å². The van der Waals surface area contributed by atoms with Gasteiger partial charge in [-0.1, -0.05) is 0 Å². The van der Waals surface area contributed by atoms with E-state index in [0.717, 1.165) is 0 Å². The van der Waals surface area contributed by atoms with E-state index in [-0.39, 0.29) is 19.8 Å². The Hall–Kier alpha value is -0.330. The highest BCUT2D eigenvalue weighted by molar-refractivity contribution is 7.48. The van der Waals surface area contributed by atoms with Crippen LogP contribution in [-0.4, -0.2) is 19.8 Å². The molecule has 0 aliphatic carbocycles. The summed E-state index contributed by atoms with van der Waals surface area (Å²) in [6.45, 7) is 4.20. The molecule has 0 aromatic carbocycles. The quantitative estimate of drug-likeness (QED) is 0.364. The van der Waals surface area contributed by atoms with Crippen molar-refractivity contribution in [3.63, 3.8) is 0 Å². The van der Waals surface area contributed by atoms with Gasteiger partial charge in [0.2, 0.25) is 0 Å². The minimum Gasteiger partial charge on any atom is -0.287 e. The Morgan fingerprint density at radius 3 is 2.15 bits per heavy atom. The second-order valence-electron chi connectivity index (χ2n) is 2.07. The van der Waals surface area contributed by atoms with Crippen LogP contribution in [0.3, 0.4) is 0 Å². The molecule has 0 N–H and O–H groups in total. The molecule has 0 rings (SSSR count). The Kier molecular flexibility index (Phi) is 6.93. The molecular formula is C8H15O4P. The van der Waals surface area contributed by atoms with Gasteiger partial charge in [-0.2, -0.15) is 0 Å². The van der Waals surface area contributed by atoms with E-state index in [2.05, 4.69) is 5.92 Å². The smallest absolute Gasteiger partial charge is 0.287 e. The molecule has 0 radical (unpaired) electrons. The van der Waals surface area contributed by atoms with Crippen molar-refractivity contribution in [1.29, 1.82) is 0 Å². The number of hydrogen-bond donors (Lipinski definition) is 0. The van der Waals surface area contributed by atoms with Crippen molar-refractivity contribution in [3.8, 4) is 12.3 Å². The summed E-state index contributed by atoms with van der Waals surface area (Å²) in [5, 5.41) is 0. The van der Waals surface area contributed by atoms with Gasteiger partial charge in [-0.15, -0.1) is 12.3 Å². The zero-order chi connectivity index (χ0) is 10.2. The second kappa shape index (κ2) is 7.11. The van der Waals surface area contributed by atoms with E-state index in [1.54, 1.807) is 13.8 Å². The van der Waals surface area contributed by atoms with Crippen molar-refractivity contribution >= 4 is 7.82 Å². The molecule has 0 bridgehead atoms. The fourth-order valence-electron chi connectivity index (χ4n) is 0.644. The number of rotatable bonds is 7. The van der Waals surface area contributed by atoms with Gasteiger partial charge in [-0.05, 0) is 13.8 Å². The van der Waals surface area contributed by atoms with Crippen LogP contribution in [0.2, 0.25) is 0 Å². The first-order chi connectivity index (χ1) is 6.18. The van der Waals surface area contributed by atoms with Crippen molar-refractivity contribution < 1.29 is 18.1 Å². The first-order valence-corrected chi connectivity index (χ1v) is 5.61. The fourth-order valence-corrected chi connectivity index (χ4v) is 1.82. The molecule has 76 valence electrons. The van der Waals surface area contributed by atoms with Crippen LogP contribution in [0, 0.1) is 12.3 Å². The molecule has 0 aromatic rings. The molecule has 0 aliphatic rings. The van der Waals surface area contributed by atoms with Gasteiger partial charge < -0.3 is 0 Å². The van der Waals surface area contributed by atoms with E-state index in [1.165, 1.54) is 0 Å². The summed E-state index contributed by atoms with van der Waals surface area (Å²) in [6.07, 6.45) is 5.40. The average molecular weight is 206 g/mol. The lowest BCUT2D eigenvalue weighted by Crippen LogP contribution is -2.00. The van der Waals surface area contributed by atoms with Crippen LogP contribution >= 0.6 is 7.82 Å². The summed E-state index contributed by atoms with van der Waals surface area (Å²) in [4.78, 5) is 0. The van der Waals surface area contributed by atoms with Crippen molar-refractivity contribution in [2.75, 3.05) is 19.8 Å². The standard InChI is InChI=1S/C8H15O4P/c1-4-7-8-12-13(9,10-5-2)11-6-3/h1H,5-8H2,2-3H3. The normalized spacial score (nSPS) is 11.2. The molecule has 0 aliphatic heterocycles. The lowest BCUT2D eigenvalue weighted by Gasteiger charge is -2.15. The Labute approximate surface area is 79.2 Å². The second-order valence-corrected chi connectivity index (χ2v) is 3.74. The molecule has 0 heterocycles. The molecule has 0 saturated carbocycles. The Morgan fingerprint density at radius 1 is 1.23 bits per heavy atom. The van der Waals surface area contributed by atoms with E-state index in [9.17, 15) is 4.57 Å². The molecule has 0 aromatic heterocycles. The maximum Gasteiger partial charge on any atom is 0.474 e. The predicted molar refractivity (Wildman–Crippen MR) is 50.3 cm³/mol. The van der Waals surface area contributed by atoms with E-state index in [1.807, 2.05) is 0 Å². The van der Waals surface area contributed by atoms with E-state index in [4.69, 9.17) is 20.0 Å². The third kappa shape index (κ3) is 5.84. The summed E-state index contributed by atoms with van der Waals surface area (Å²) < 4.78 is 26.2. The monoisotopic (exact) mass is 206 g/mol. The highest BCUT2D eigenvalue weighted by atomic mass is 31.2. The zero-order valence-electron chi connectivity index (χ0n) is 7.99. The maximum atomic E-state index is 11.6. The molecule has 5 heteroatoms. The molecule has 0 amide bonds. The number of phosphoric acid groups is 1. The van der Waals surface area contributed by atoms with Crippen LogP contribution in [0.1, 0.15) is 20.3 Å². The largest absolute Gasteiger partial charge is 0.474 e. The lowest BCUT2D eigenvalue weighted by molar-refractivity contribution is 0.123. The van der Waals surface area contributed by atoms with Gasteiger partial charge in [0.25, 0.3) is 0 Å². The molecule has 0 spiro atoms. The first-order valence-electron chi connectivity index (χ1n) is 4.15. The SMILES string of the molecule is C#CCCOP(=O)(OCC)OCC. The van der Waals surface area contributed by atoms with Gasteiger partial charge in [0.15, 0.2) is 0 Å². The van der Waals surface area contributed by atoms with Crippen LogP contribution in [0.5, 0.6) is 0 Å². The molecule has 0 atom stereocenters. The van der Waals surface area contributed by atoms with Crippen LogP contribution < -0.4 is 0 Å². The third-order valence-electron chi connectivity index (χ3n) is 1.07. The topological polar surface area (TPSA) is 44.8 Å². The zero-order valence-corrected chi connectivity index (χ0v) is 8.88. The third-order valence-corrected chi connectivity index (χ3v) is 2.72. The number of phosphoric ester groups is 1. The van der Waals surface area contributed by atoms with Crippen molar-refractivity contribution in [2.45, 2.75) is 20.3 Å². The van der Waals surface area contributed by atoms with Gasteiger partial charge in [-0.3, -0.25) is 13.6 Å². The summed E-state index contributed by atoms with van der Waals surface area (Å²) in [6, 6.07) is 0. The first kappa shape index (κ1) is 12.7. The highest BCUT2D eigenvalue weighted by Crippen LogP contribution is 2.49. The molecule has 4 nitrogen and oxygen atoms in total. The molecule has 0 fully saturated rings. The summed E-state index contributed by atoms with van der Waals surface area (Å²) in [7, 11) is -3.34. The van der Waals surface area contributed by atoms with Crippen molar-refractivity contribution in [2.24, 2.45) is 0 Å². The van der Waals surface area contributed by atoms with Gasteiger partial charge in [0.1, 0.15) is 0 Å². The van der Waals surface area contributed by atoms with Gasteiger partial charge in [0.05, 0.1) is 19.8 Å².